The lowest BCUT2D eigenvalue weighted by Crippen LogP contribution is -2.38. The highest BCUT2D eigenvalue weighted by Crippen LogP contribution is 2.40. The molecule has 1 saturated carbocycles. The van der Waals surface area contributed by atoms with Crippen LogP contribution in [0.4, 0.5) is 0 Å². The van der Waals surface area contributed by atoms with Gasteiger partial charge in [-0.2, -0.15) is 0 Å². The minimum atomic E-state index is 0.275. The Labute approximate surface area is 130 Å². The van der Waals surface area contributed by atoms with Gasteiger partial charge in [0, 0.05) is 25.2 Å². The summed E-state index contributed by atoms with van der Waals surface area (Å²) in [7, 11) is 0. The van der Waals surface area contributed by atoms with Crippen LogP contribution in [0.25, 0.3) is 0 Å². The Hall–Kier alpha value is -0.970. The number of hydrogen-bond acceptors (Lipinski definition) is 4. The fraction of sp³-hybridized carbons (Fsp3) is 0.625. The first-order chi connectivity index (χ1) is 10.3. The maximum atomic E-state index is 6.29. The molecule has 1 aliphatic carbocycles. The van der Waals surface area contributed by atoms with E-state index in [0.717, 1.165) is 24.9 Å². The smallest absolute Gasteiger partial charge is 0.231 e. The van der Waals surface area contributed by atoms with Crippen LogP contribution in [0.5, 0.6) is 11.5 Å². The molecule has 114 valence electrons. The number of hydrogen-bond donors (Lipinski definition) is 1. The average molecular weight is 309 g/mol. The van der Waals surface area contributed by atoms with Crippen molar-refractivity contribution in [2.24, 2.45) is 0 Å². The van der Waals surface area contributed by atoms with Crippen molar-refractivity contribution in [2.45, 2.75) is 44.3 Å². The molecule has 0 aromatic heterocycles. The summed E-state index contributed by atoms with van der Waals surface area (Å²) in [6.07, 6.45) is 5.25. The normalized spacial score (nSPS) is 24.0. The molecule has 1 saturated heterocycles. The molecule has 2 fully saturated rings. The Morgan fingerprint density at radius 1 is 1.24 bits per heavy atom. The number of fused-ring (bicyclic) bond motifs is 1. The van der Waals surface area contributed by atoms with Gasteiger partial charge in [-0.25, -0.2) is 0 Å². The van der Waals surface area contributed by atoms with Crippen LogP contribution in [-0.2, 0) is 6.54 Å². The van der Waals surface area contributed by atoms with Crippen LogP contribution in [0.15, 0.2) is 12.1 Å². The molecule has 1 N–H and O–H groups in total. The number of nitrogens with zero attached hydrogens (tertiary/aromatic N) is 1. The van der Waals surface area contributed by atoms with Crippen LogP contribution in [-0.4, -0.2) is 36.9 Å². The van der Waals surface area contributed by atoms with E-state index in [9.17, 15) is 0 Å². The summed E-state index contributed by atoms with van der Waals surface area (Å²) in [6, 6.07) is 5.49. The topological polar surface area (TPSA) is 33.7 Å². The zero-order chi connectivity index (χ0) is 14.2. The van der Waals surface area contributed by atoms with Crippen LogP contribution in [0.3, 0.4) is 0 Å². The monoisotopic (exact) mass is 308 g/mol. The summed E-state index contributed by atoms with van der Waals surface area (Å²) >= 11 is 6.29. The molecule has 0 amide bonds. The van der Waals surface area contributed by atoms with E-state index in [2.05, 4.69) is 16.3 Å². The van der Waals surface area contributed by atoms with Crippen molar-refractivity contribution in [3.8, 4) is 11.5 Å². The summed E-state index contributed by atoms with van der Waals surface area (Å²) in [6.45, 7) is 3.52. The van der Waals surface area contributed by atoms with Gasteiger partial charge in [-0.15, -0.1) is 0 Å². The Morgan fingerprint density at radius 2 is 2.14 bits per heavy atom. The SMILES string of the molecule is Clc1cc(CN(CC2CCCN2)C2CC2)cc2c1OCO2. The zero-order valence-corrected chi connectivity index (χ0v) is 12.9. The molecule has 4 rings (SSSR count). The predicted molar refractivity (Wildman–Crippen MR) is 82.0 cm³/mol. The summed E-state index contributed by atoms with van der Waals surface area (Å²) in [5.41, 5.74) is 1.22. The van der Waals surface area contributed by atoms with Gasteiger partial charge in [0.1, 0.15) is 0 Å². The molecule has 1 atom stereocenters. The van der Waals surface area contributed by atoms with E-state index in [4.69, 9.17) is 21.1 Å². The fourth-order valence-corrected chi connectivity index (χ4v) is 3.61. The number of ether oxygens (including phenoxy) is 2. The third kappa shape index (κ3) is 2.98. The lowest BCUT2D eigenvalue weighted by molar-refractivity contribution is 0.174. The van der Waals surface area contributed by atoms with E-state index >= 15 is 0 Å². The summed E-state index contributed by atoms with van der Waals surface area (Å²) in [5, 5.41) is 4.26. The first-order valence-corrected chi connectivity index (χ1v) is 8.23. The highest BCUT2D eigenvalue weighted by molar-refractivity contribution is 6.32. The van der Waals surface area contributed by atoms with E-state index in [0.29, 0.717) is 16.8 Å². The zero-order valence-electron chi connectivity index (χ0n) is 12.1. The van der Waals surface area contributed by atoms with Crippen molar-refractivity contribution < 1.29 is 9.47 Å². The average Bonchev–Trinajstić information content (AvgIpc) is 2.98. The number of rotatable bonds is 5. The molecule has 5 heteroatoms. The molecule has 2 aliphatic heterocycles. The first-order valence-electron chi connectivity index (χ1n) is 7.85. The van der Waals surface area contributed by atoms with Gasteiger partial charge >= 0.3 is 0 Å². The summed E-state index contributed by atoms with van der Waals surface area (Å²) < 4.78 is 10.9. The molecule has 1 unspecified atom stereocenters. The molecule has 0 radical (unpaired) electrons. The maximum Gasteiger partial charge on any atom is 0.231 e. The van der Waals surface area contributed by atoms with Gasteiger partial charge in [-0.3, -0.25) is 4.90 Å². The lowest BCUT2D eigenvalue weighted by Gasteiger charge is -2.25. The molecule has 2 heterocycles. The van der Waals surface area contributed by atoms with Gasteiger partial charge in [0.05, 0.1) is 5.02 Å². The van der Waals surface area contributed by atoms with Gasteiger partial charge in [0.2, 0.25) is 6.79 Å². The molecule has 1 aromatic rings. The van der Waals surface area contributed by atoms with Gasteiger partial charge in [-0.05, 0) is 49.9 Å². The van der Waals surface area contributed by atoms with Crippen molar-refractivity contribution in [1.29, 1.82) is 0 Å². The van der Waals surface area contributed by atoms with E-state index in [-0.39, 0.29) is 6.79 Å². The standard InChI is InChI=1S/C16H21ClN2O2/c17-14-6-11(7-15-16(14)21-10-20-15)8-19(13-3-4-13)9-12-2-1-5-18-12/h6-7,12-13,18H,1-5,8-10H2. The number of halogens is 1. The minimum absolute atomic E-state index is 0.275. The van der Waals surface area contributed by atoms with E-state index in [1.165, 1.54) is 37.8 Å². The highest BCUT2D eigenvalue weighted by atomic mass is 35.5. The Kier molecular flexibility index (Phi) is 3.69. The third-order valence-electron chi connectivity index (χ3n) is 4.55. The van der Waals surface area contributed by atoms with Gasteiger partial charge in [0.25, 0.3) is 0 Å². The molecule has 4 nitrogen and oxygen atoms in total. The number of nitrogens with one attached hydrogen (secondary N) is 1. The third-order valence-corrected chi connectivity index (χ3v) is 4.83. The first kappa shape index (κ1) is 13.7. The second kappa shape index (κ2) is 5.67. The summed E-state index contributed by atoms with van der Waals surface area (Å²) in [4.78, 5) is 2.59. The van der Waals surface area contributed by atoms with E-state index in [1.54, 1.807) is 0 Å². The molecule has 21 heavy (non-hydrogen) atoms. The van der Waals surface area contributed by atoms with E-state index < -0.39 is 0 Å². The van der Waals surface area contributed by atoms with Crippen LogP contribution >= 0.6 is 11.6 Å². The van der Waals surface area contributed by atoms with Crippen molar-refractivity contribution in [1.82, 2.24) is 10.2 Å². The number of benzene rings is 1. The van der Waals surface area contributed by atoms with Crippen molar-refractivity contribution in [2.75, 3.05) is 19.9 Å². The molecular formula is C16H21ClN2O2. The van der Waals surface area contributed by atoms with Gasteiger partial charge in [-0.1, -0.05) is 11.6 Å². The molecular weight excluding hydrogens is 288 g/mol. The van der Waals surface area contributed by atoms with Crippen LogP contribution in [0, 0.1) is 0 Å². The van der Waals surface area contributed by atoms with Crippen molar-refractivity contribution >= 4 is 11.6 Å². The van der Waals surface area contributed by atoms with Gasteiger partial charge < -0.3 is 14.8 Å². The van der Waals surface area contributed by atoms with Crippen LogP contribution in [0.1, 0.15) is 31.2 Å². The van der Waals surface area contributed by atoms with E-state index in [1.807, 2.05) is 6.07 Å². The largest absolute Gasteiger partial charge is 0.454 e. The Morgan fingerprint density at radius 3 is 2.90 bits per heavy atom. The van der Waals surface area contributed by atoms with Gasteiger partial charge in [0.15, 0.2) is 11.5 Å². The molecule has 1 aromatic carbocycles. The highest BCUT2D eigenvalue weighted by Gasteiger charge is 2.31. The quantitative estimate of drug-likeness (QED) is 0.907. The second-order valence-corrected chi connectivity index (χ2v) is 6.67. The Balaban J connectivity index is 1.48. The molecule has 3 aliphatic rings. The molecule has 0 spiro atoms. The lowest BCUT2D eigenvalue weighted by atomic mass is 10.1. The van der Waals surface area contributed by atoms with Crippen LogP contribution in [0.2, 0.25) is 5.02 Å². The summed E-state index contributed by atoms with van der Waals surface area (Å²) in [5.74, 6) is 1.48. The maximum absolute atomic E-state index is 6.29. The minimum Gasteiger partial charge on any atom is -0.454 e. The Bertz CT molecular complexity index is 527. The van der Waals surface area contributed by atoms with Crippen molar-refractivity contribution in [3.05, 3.63) is 22.7 Å². The second-order valence-electron chi connectivity index (χ2n) is 6.27. The fourth-order valence-electron chi connectivity index (χ4n) is 3.32. The van der Waals surface area contributed by atoms with Crippen LogP contribution < -0.4 is 14.8 Å². The molecule has 0 bridgehead atoms. The van der Waals surface area contributed by atoms with Crippen molar-refractivity contribution in [3.63, 3.8) is 0 Å². The predicted octanol–water partition coefficient (Wildman–Crippen LogP) is 2.79.